The van der Waals surface area contributed by atoms with E-state index < -0.39 is 101 Å². The number of hydrogen-bond donors (Lipinski definition) is 7. The van der Waals surface area contributed by atoms with Crippen molar-refractivity contribution in [1.29, 1.82) is 0 Å². The zero-order valence-electron chi connectivity index (χ0n) is 60.6. The second-order valence-corrected chi connectivity index (χ2v) is 27.8. The van der Waals surface area contributed by atoms with Crippen molar-refractivity contribution in [1.82, 2.24) is 51.1 Å². The van der Waals surface area contributed by atoms with Gasteiger partial charge in [-0.2, -0.15) is 0 Å². The summed E-state index contributed by atoms with van der Waals surface area (Å²) in [6.45, 7) is 20.0. The van der Waals surface area contributed by atoms with Crippen LogP contribution in [-0.4, -0.2) is 220 Å². The van der Waals surface area contributed by atoms with Crippen molar-refractivity contribution in [3.05, 3.63) is 65.7 Å². The second-order valence-electron chi connectivity index (χ2n) is 27.8. The zero-order valence-corrected chi connectivity index (χ0v) is 60.6. The minimum Gasteiger partial charge on any atom is -0.469 e. The number of anilines is 1. The number of hydrogen-bond acceptors (Lipinski definition) is 15. The number of urea groups is 1. The molecule has 2 aromatic carbocycles. The minimum absolute atomic E-state index is 0.00740. The highest BCUT2D eigenvalue weighted by Gasteiger charge is 2.45. The average molecular weight is 1360 g/mol. The van der Waals surface area contributed by atoms with Crippen LogP contribution >= 0.6 is 0 Å². The summed E-state index contributed by atoms with van der Waals surface area (Å²) in [6, 6.07) is 9.71. The molecule has 542 valence electrons. The molecule has 0 unspecified atom stereocenters. The molecule has 2 aromatic rings. The van der Waals surface area contributed by atoms with Gasteiger partial charge >= 0.3 is 12.0 Å². The summed E-state index contributed by atoms with van der Waals surface area (Å²) in [4.78, 5) is 158. The minimum atomic E-state index is -1.13. The molecule has 4 rings (SSSR count). The van der Waals surface area contributed by atoms with Crippen LogP contribution in [0.25, 0.3) is 0 Å². The summed E-state index contributed by atoms with van der Waals surface area (Å²) in [5.74, 6) is -5.56. The molecule has 0 bridgehead atoms. The van der Waals surface area contributed by atoms with Crippen molar-refractivity contribution in [2.75, 3.05) is 81.0 Å². The third-order valence-corrected chi connectivity index (χ3v) is 19.2. The summed E-state index contributed by atoms with van der Waals surface area (Å²) in [7, 11) is 11.4. The molecule has 2 aliphatic rings. The fourth-order valence-electron chi connectivity index (χ4n) is 13.2. The number of carbonyl (C=O) groups is 11. The number of nitrogens with two attached hydrogens (primary N) is 1. The standard InChI is InChI=1S/C71H114N12O14/c1-18-46(8)61(81(14)68(92)59(44(4)5)78-66(90)60(45(6)7)79(11)12)54(95-15)41-57(86)83-37-23-27-53(83)62(96-16)47(9)63(87)76-52(40-48-24-20-19-21-25-48)67(91)80(13)42-49-28-30-50(31-29-49)74-64(88)51(26-22-36-73-70(72)94)75-65(89)58(43(2)3)77-55(84)32-33-56(85)82-38-34-71(10,35-39-82)69(93)97-17/h19-21,24-25,28-31,43-47,51-54,58-62H,18,22-23,26-27,32-42H2,1-17H3,(H,74,88)(H,75,89)(H,76,87)(H,77,84)(H,78,90)(H3,72,73,94)/t46-,47+,51-,52-,53-,54+,58-,59-,60-,61-,62+/m0/s1. The SMILES string of the molecule is CC[C@H](C)[C@@H]([C@@H](CC(=O)N1CCC[C@H]1[C@H](OC)[C@@H](C)C(=O)N[C@@H](Cc1ccccc1)C(=O)N(C)Cc1ccc(NC(=O)[C@H](CCCNC(N)=O)NC(=O)[C@@H](NC(=O)CCC(=O)N2CCC(C)(C(=O)OC)CC2)C(C)C)cc1)OC)N(C)C(=O)[C@@H](NC(=O)[C@H](C(C)C)N(C)C)C(C)C. The lowest BCUT2D eigenvalue weighted by Crippen LogP contribution is -2.59. The van der Waals surface area contributed by atoms with Gasteiger partial charge in [-0.15, -0.1) is 0 Å². The number of benzene rings is 2. The van der Waals surface area contributed by atoms with E-state index in [-0.39, 0.29) is 105 Å². The van der Waals surface area contributed by atoms with Gasteiger partial charge in [-0.3, -0.25) is 52.8 Å². The Kier molecular flexibility index (Phi) is 32.9. The van der Waals surface area contributed by atoms with E-state index in [1.54, 1.807) is 80.8 Å². The van der Waals surface area contributed by atoms with Gasteiger partial charge in [0.15, 0.2) is 0 Å². The van der Waals surface area contributed by atoms with Crippen LogP contribution in [-0.2, 0) is 75.1 Å². The number of piperidine rings is 1. The summed E-state index contributed by atoms with van der Waals surface area (Å²) < 4.78 is 17.2. The Bertz CT molecular complexity index is 2930. The van der Waals surface area contributed by atoms with E-state index in [0.717, 1.165) is 5.56 Å². The smallest absolute Gasteiger partial charge is 0.312 e. The third-order valence-electron chi connectivity index (χ3n) is 19.2. The van der Waals surface area contributed by atoms with Crippen molar-refractivity contribution >= 4 is 70.9 Å². The summed E-state index contributed by atoms with van der Waals surface area (Å²) in [5, 5.41) is 16.9. The van der Waals surface area contributed by atoms with Gasteiger partial charge < -0.3 is 71.4 Å². The van der Waals surface area contributed by atoms with E-state index in [1.165, 1.54) is 26.2 Å². The first-order valence-corrected chi connectivity index (χ1v) is 34.3. The Balaban J connectivity index is 1.45. The summed E-state index contributed by atoms with van der Waals surface area (Å²) in [6.07, 6.45) is 1.33. The Morgan fingerprint density at radius 3 is 1.84 bits per heavy atom. The molecule has 26 nitrogen and oxygen atoms in total. The van der Waals surface area contributed by atoms with Gasteiger partial charge in [0.2, 0.25) is 53.2 Å². The van der Waals surface area contributed by atoms with Gasteiger partial charge in [0.05, 0.1) is 55.2 Å². The van der Waals surface area contributed by atoms with Gasteiger partial charge in [0.25, 0.3) is 0 Å². The summed E-state index contributed by atoms with van der Waals surface area (Å²) in [5.41, 5.74) is 6.44. The lowest BCUT2D eigenvalue weighted by atomic mass is 9.80. The highest BCUT2D eigenvalue weighted by atomic mass is 16.5. The highest BCUT2D eigenvalue weighted by molar-refractivity contribution is 5.99. The van der Waals surface area contributed by atoms with E-state index in [1.807, 2.05) is 90.9 Å². The molecule has 0 saturated carbocycles. The van der Waals surface area contributed by atoms with Crippen LogP contribution in [0.1, 0.15) is 145 Å². The van der Waals surface area contributed by atoms with Crippen molar-refractivity contribution in [2.45, 2.75) is 201 Å². The van der Waals surface area contributed by atoms with Gasteiger partial charge in [-0.1, -0.05) is 111 Å². The number of nitrogens with one attached hydrogen (secondary N) is 6. The molecular weight excluding hydrogens is 1240 g/mol. The fraction of sp³-hybridized carbons (Fsp3) is 0.676. The van der Waals surface area contributed by atoms with Crippen molar-refractivity contribution in [3.8, 4) is 0 Å². The molecule has 97 heavy (non-hydrogen) atoms. The molecule has 2 fully saturated rings. The number of rotatable bonds is 37. The first-order chi connectivity index (χ1) is 45.7. The summed E-state index contributed by atoms with van der Waals surface area (Å²) >= 11 is 0. The van der Waals surface area contributed by atoms with Crippen molar-refractivity contribution in [2.24, 2.45) is 40.7 Å². The molecule has 0 aliphatic carbocycles. The Labute approximate surface area is 575 Å². The van der Waals surface area contributed by atoms with Crippen LogP contribution in [0.5, 0.6) is 0 Å². The number of primary amides is 1. The number of nitrogens with zero attached hydrogens (tertiary/aromatic N) is 5. The zero-order chi connectivity index (χ0) is 72.6. The number of carbonyl (C=O) groups excluding carboxylic acids is 11. The highest BCUT2D eigenvalue weighted by Crippen LogP contribution is 2.33. The fourth-order valence-corrected chi connectivity index (χ4v) is 13.2. The first-order valence-electron chi connectivity index (χ1n) is 34.3. The molecule has 2 saturated heterocycles. The number of esters is 1. The molecule has 0 spiro atoms. The largest absolute Gasteiger partial charge is 0.469 e. The predicted octanol–water partition coefficient (Wildman–Crippen LogP) is 4.61. The van der Waals surface area contributed by atoms with Crippen LogP contribution in [0.4, 0.5) is 10.5 Å². The number of ether oxygens (including phenoxy) is 3. The van der Waals surface area contributed by atoms with Crippen molar-refractivity contribution < 1.29 is 67.0 Å². The number of likely N-dealkylation sites (tertiary alicyclic amines) is 2. The maximum atomic E-state index is 14.7. The Hall–Kier alpha value is -7.71. The molecule has 2 aliphatic heterocycles. The quantitative estimate of drug-likeness (QED) is 0.0359. The first kappa shape index (κ1) is 81.7. The third kappa shape index (κ3) is 23.8. The van der Waals surface area contributed by atoms with E-state index >= 15 is 0 Å². The van der Waals surface area contributed by atoms with Gasteiger partial charge in [-0.05, 0) is 106 Å². The molecule has 11 atom stereocenters. The Morgan fingerprint density at radius 2 is 1.29 bits per heavy atom. The Morgan fingerprint density at radius 1 is 0.670 bits per heavy atom. The molecule has 0 aromatic heterocycles. The monoisotopic (exact) mass is 1360 g/mol. The lowest BCUT2D eigenvalue weighted by Gasteiger charge is -2.41. The van der Waals surface area contributed by atoms with Crippen LogP contribution in [0.3, 0.4) is 0 Å². The molecular formula is C71H114N12O14. The van der Waals surface area contributed by atoms with E-state index in [4.69, 9.17) is 19.9 Å². The maximum absolute atomic E-state index is 14.7. The maximum Gasteiger partial charge on any atom is 0.312 e. The molecule has 0 radical (unpaired) electrons. The number of amides is 11. The number of likely N-dealkylation sites (N-methyl/N-ethyl adjacent to an activating group) is 3. The molecule has 2 heterocycles. The van der Waals surface area contributed by atoms with Crippen LogP contribution in [0, 0.1) is 35.0 Å². The van der Waals surface area contributed by atoms with E-state index in [0.29, 0.717) is 63.0 Å². The van der Waals surface area contributed by atoms with Crippen LogP contribution in [0.2, 0.25) is 0 Å². The van der Waals surface area contributed by atoms with E-state index in [9.17, 15) is 52.7 Å². The molecule has 11 amide bonds. The number of methoxy groups -OCH3 is 3. The van der Waals surface area contributed by atoms with Gasteiger partial charge in [0, 0.05) is 86.0 Å². The van der Waals surface area contributed by atoms with Crippen LogP contribution in [0.15, 0.2) is 54.6 Å². The lowest BCUT2D eigenvalue weighted by molar-refractivity contribution is -0.156. The predicted molar refractivity (Wildman–Crippen MR) is 370 cm³/mol. The topological polar surface area (TPSA) is 330 Å². The second kappa shape index (κ2) is 39.0. The average Bonchev–Trinajstić information content (AvgIpc) is 1.80. The molecule has 26 heteroatoms. The van der Waals surface area contributed by atoms with Gasteiger partial charge in [-0.25, -0.2) is 4.79 Å². The van der Waals surface area contributed by atoms with E-state index in [2.05, 4.69) is 31.9 Å². The normalized spacial score (nSPS) is 17.7. The molecule has 8 N–H and O–H groups in total. The van der Waals surface area contributed by atoms with Crippen LogP contribution < -0.4 is 37.6 Å². The van der Waals surface area contributed by atoms with Crippen molar-refractivity contribution in [3.63, 3.8) is 0 Å². The van der Waals surface area contributed by atoms with Gasteiger partial charge in [0.1, 0.15) is 24.2 Å².